The summed E-state index contributed by atoms with van der Waals surface area (Å²) in [5.74, 6) is -0.267. The maximum atomic E-state index is 15.2. The van der Waals surface area contributed by atoms with Crippen LogP contribution in [0, 0.1) is 11.6 Å². The monoisotopic (exact) mass is 348 g/mol. The molecule has 0 spiro atoms. The Bertz CT molecular complexity index is 1100. The van der Waals surface area contributed by atoms with Crippen molar-refractivity contribution in [1.29, 1.82) is 0 Å². The van der Waals surface area contributed by atoms with Crippen LogP contribution >= 0.6 is 0 Å². The minimum atomic E-state index is -0.560. The number of halogens is 2. The molecule has 0 aliphatic carbocycles. The molecule has 0 aliphatic rings. The molecule has 0 amide bonds. The third kappa shape index (κ3) is 2.65. The molecule has 0 saturated carbocycles. The fourth-order valence-electron chi connectivity index (χ4n) is 2.88. The lowest BCUT2D eigenvalue weighted by Gasteiger charge is -2.12. The lowest BCUT2D eigenvalue weighted by molar-refractivity contribution is 0.621. The second-order valence-electron chi connectivity index (χ2n) is 5.69. The second kappa shape index (κ2) is 6.48. The first kappa shape index (κ1) is 16.1. The van der Waals surface area contributed by atoms with E-state index in [0.717, 1.165) is 5.56 Å². The smallest absolute Gasteiger partial charge is 0.163 e. The van der Waals surface area contributed by atoms with Crippen LogP contribution in [-0.4, -0.2) is 22.0 Å². The zero-order valence-electron chi connectivity index (χ0n) is 13.9. The molecule has 0 bridgehead atoms. The molecule has 2 heterocycles. The number of nitrogens with zero attached hydrogens (tertiary/aromatic N) is 3. The van der Waals surface area contributed by atoms with Gasteiger partial charge in [0.05, 0.1) is 10.9 Å². The summed E-state index contributed by atoms with van der Waals surface area (Å²) < 4.78 is 29.3. The first-order chi connectivity index (χ1) is 12.7. The largest absolute Gasteiger partial charge is 0.372 e. The van der Waals surface area contributed by atoms with Gasteiger partial charge >= 0.3 is 0 Å². The molecule has 4 aromatic rings. The third-order valence-corrected chi connectivity index (χ3v) is 4.12. The zero-order chi connectivity index (χ0) is 18.1. The Balaban J connectivity index is 1.97. The van der Waals surface area contributed by atoms with Gasteiger partial charge in [0, 0.05) is 36.1 Å². The van der Waals surface area contributed by atoms with Gasteiger partial charge in [-0.05, 0) is 30.3 Å². The SMILES string of the molecule is CNc1nc(-c2cccnc2)nc2ccc(-c3ccccc3F)c(F)c12. The number of nitrogens with one attached hydrogen (secondary N) is 1. The summed E-state index contributed by atoms with van der Waals surface area (Å²) in [6.45, 7) is 0. The Morgan fingerprint density at radius 1 is 0.885 bits per heavy atom. The molecule has 0 fully saturated rings. The first-order valence-electron chi connectivity index (χ1n) is 8.02. The van der Waals surface area contributed by atoms with Gasteiger partial charge in [0.25, 0.3) is 0 Å². The molecule has 2 aromatic heterocycles. The number of rotatable bonds is 3. The van der Waals surface area contributed by atoms with E-state index in [1.807, 2.05) is 6.07 Å². The van der Waals surface area contributed by atoms with Crippen molar-refractivity contribution in [3.8, 4) is 22.5 Å². The summed E-state index contributed by atoms with van der Waals surface area (Å²) in [6, 6.07) is 12.9. The van der Waals surface area contributed by atoms with Crippen molar-refractivity contribution in [2.45, 2.75) is 0 Å². The highest BCUT2D eigenvalue weighted by Gasteiger charge is 2.18. The average Bonchev–Trinajstić information content (AvgIpc) is 2.69. The van der Waals surface area contributed by atoms with Gasteiger partial charge in [0.15, 0.2) is 5.82 Å². The van der Waals surface area contributed by atoms with E-state index < -0.39 is 11.6 Å². The number of aromatic nitrogens is 3. The van der Waals surface area contributed by atoms with Crippen LogP contribution in [0.15, 0.2) is 60.9 Å². The molecule has 4 rings (SSSR count). The molecule has 128 valence electrons. The predicted molar refractivity (Wildman–Crippen MR) is 97.7 cm³/mol. The van der Waals surface area contributed by atoms with Gasteiger partial charge in [-0.2, -0.15) is 0 Å². The molecule has 0 saturated heterocycles. The van der Waals surface area contributed by atoms with Crippen LogP contribution < -0.4 is 5.32 Å². The summed E-state index contributed by atoms with van der Waals surface area (Å²) in [7, 11) is 1.66. The van der Waals surface area contributed by atoms with Crippen LogP contribution in [0.5, 0.6) is 0 Å². The highest BCUT2D eigenvalue weighted by molar-refractivity contribution is 5.94. The molecule has 6 heteroatoms. The maximum absolute atomic E-state index is 15.2. The number of anilines is 1. The van der Waals surface area contributed by atoms with Crippen LogP contribution in [0.3, 0.4) is 0 Å². The van der Waals surface area contributed by atoms with E-state index in [0.29, 0.717) is 17.2 Å². The van der Waals surface area contributed by atoms with Gasteiger partial charge in [-0.15, -0.1) is 0 Å². The Morgan fingerprint density at radius 3 is 2.46 bits per heavy atom. The Kier molecular flexibility index (Phi) is 4.01. The quantitative estimate of drug-likeness (QED) is 0.584. The first-order valence-corrected chi connectivity index (χ1v) is 8.02. The summed E-state index contributed by atoms with van der Waals surface area (Å²) in [5, 5.41) is 3.13. The van der Waals surface area contributed by atoms with Crippen LogP contribution in [0.25, 0.3) is 33.4 Å². The molecule has 2 aromatic carbocycles. The Labute approximate surface area is 148 Å². The van der Waals surface area contributed by atoms with Gasteiger partial charge in [0.2, 0.25) is 0 Å². The number of pyridine rings is 1. The maximum Gasteiger partial charge on any atom is 0.163 e. The van der Waals surface area contributed by atoms with Crippen molar-refractivity contribution in [3.05, 3.63) is 72.6 Å². The molecular formula is C20H14F2N4. The highest BCUT2D eigenvalue weighted by atomic mass is 19.1. The third-order valence-electron chi connectivity index (χ3n) is 4.12. The topological polar surface area (TPSA) is 50.7 Å². The molecular weight excluding hydrogens is 334 g/mol. The van der Waals surface area contributed by atoms with E-state index in [1.165, 1.54) is 12.1 Å². The number of hydrogen-bond acceptors (Lipinski definition) is 4. The molecule has 0 atom stereocenters. The van der Waals surface area contributed by atoms with E-state index in [1.54, 1.807) is 49.8 Å². The molecule has 26 heavy (non-hydrogen) atoms. The fraction of sp³-hybridized carbons (Fsp3) is 0.0500. The second-order valence-corrected chi connectivity index (χ2v) is 5.69. The summed E-state index contributed by atoms with van der Waals surface area (Å²) in [4.78, 5) is 12.9. The van der Waals surface area contributed by atoms with E-state index in [2.05, 4.69) is 20.3 Å². The number of hydrogen-bond donors (Lipinski definition) is 1. The normalized spacial score (nSPS) is 10.9. The van der Waals surface area contributed by atoms with Crippen molar-refractivity contribution in [1.82, 2.24) is 15.0 Å². The molecule has 1 N–H and O–H groups in total. The van der Waals surface area contributed by atoms with Gasteiger partial charge in [-0.1, -0.05) is 18.2 Å². The van der Waals surface area contributed by atoms with Gasteiger partial charge < -0.3 is 5.32 Å². The van der Waals surface area contributed by atoms with Crippen molar-refractivity contribution < 1.29 is 8.78 Å². The number of fused-ring (bicyclic) bond motifs is 1. The van der Waals surface area contributed by atoms with Crippen LogP contribution in [0.1, 0.15) is 0 Å². The highest BCUT2D eigenvalue weighted by Crippen LogP contribution is 2.33. The summed E-state index contributed by atoms with van der Waals surface area (Å²) in [6.07, 6.45) is 3.30. The zero-order valence-corrected chi connectivity index (χ0v) is 13.9. The lowest BCUT2D eigenvalue weighted by atomic mass is 10.0. The van der Waals surface area contributed by atoms with Gasteiger partial charge in [-0.3, -0.25) is 4.98 Å². The Hall–Kier alpha value is -3.41. The van der Waals surface area contributed by atoms with E-state index in [-0.39, 0.29) is 16.5 Å². The van der Waals surface area contributed by atoms with Crippen molar-refractivity contribution in [2.24, 2.45) is 0 Å². The van der Waals surface area contributed by atoms with Crippen molar-refractivity contribution in [2.75, 3.05) is 12.4 Å². The fourth-order valence-corrected chi connectivity index (χ4v) is 2.88. The summed E-state index contributed by atoms with van der Waals surface area (Å²) >= 11 is 0. The van der Waals surface area contributed by atoms with E-state index in [4.69, 9.17) is 0 Å². The van der Waals surface area contributed by atoms with Crippen LogP contribution in [0.4, 0.5) is 14.6 Å². The molecule has 0 aliphatic heterocycles. The standard InChI is InChI=1S/C20H14F2N4/c1-23-20-17-16(25-19(26-20)12-5-4-10-24-11-12)9-8-14(18(17)22)13-6-2-3-7-15(13)21/h2-11H,1H3,(H,23,25,26). The molecule has 0 unspecified atom stereocenters. The molecule has 0 radical (unpaired) electrons. The van der Waals surface area contributed by atoms with E-state index in [9.17, 15) is 4.39 Å². The molecule has 4 nitrogen and oxygen atoms in total. The minimum Gasteiger partial charge on any atom is -0.372 e. The van der Waals surface area contributed by atoms with Gasteiger partial charge in [0.1, 0.15) is 17.5 Å². The van der Waals surface area contributed by atoms with Gasteiger partial charge in [-0.25, -0.2) is 18.7 Å². The lowest BCUT2D eigenvalue weighted by Crippen LogP contribution is -2.01. The summed E-state index contributed by atoms with van der Waals surface area (Å²) in [5.41, 5.74) is 1.53. The Morgan fingerprint density at radius 2 is 1.73 bits per heavy atom. The van der Waals surface area contributed by atoms with Crippen LogP contribution in [-0.2, 0) is 0 Å². The van der Waals surface area contributed by atoms with E-state index >= 15 is 4.39 Å². The van der Waals surface area contributed by atoms with Crippen molar-refractivity contribution >= 4 is 16.7 Å². The number of benzene rings is 2. The predicted octanol–water partition coefficient (Wildman–Crippen LogP) is 4.68. The van der Waals surface area contributed by atoms with Crippen LogP contribution in [0.2, 0.25) is 0 Å². The average molecular weight is 348 g/mol. The van der Waals surface area contributed by atoms with Crippen molar-refractivity contribution in [3.63, 3.8) is 0 Å². The minimum absolute atomic E-state index is 0.171.